The number of aryl methyl sites for hydroxylation is 2. The highest BCUT2D eigenvalue weighted by atomic mass is 16.5. The number of hydrogen-bond acceptors (Lipinski definition) is 1. The van der Waals surface area contributed by atoms with Crippen LogP contribution in [0.5, 0.6) is 0 Å². The fraction of sp³-hybridized carbons (Fsp3) is 0.400. The van der Waals surface area contributed by atoms with E-state index in [0.29, 0.717) is 17.9 Å². The predicted octanol–water partition coefficient (Wildman–Crippen LogP) is 4.86. The molecule has 3 rings (SSSR count). The molecule has 0 aliphatic carbocycles. The lowest BCUT2D eigenvalue weighted by molar-refractivity contribution is 0.102. The van der Waals surface area contributed by atoms with Crippen LogP contribution in [-0.2, 0) is 4.74 Å². The van der Waals surface area contributed by atoms with E-state index < -0.39 is 0 Å². The molecule has 0 saturated carbocycles. The van der Waals surface area contributed by atoms with E-state index >= 15 is 0 Å². The van der Waals surface area contributed by atoms with Crippen molar-refractivity contribution in [3.8, 4) is 0 Å². The SMILES string of the molecule is Cc1ccc(C(c2ccc(C)cc2)C2CCO[C@@H]2C)cc1. The van der Waals surface area contributed by atoms with Crippen LogP contribution in [0.15, 0.2) is 48.5 Å². The summed E-state index contributed by atoms with van der Waals surface area (Å²) in [6.07, 6.45) is 1.48. The molecule has 1 aliphatic rings. The zero-order chi connectivity index (χ0) is 14.8. The van der Waals surface area contributed by atoms with E-state index in [0.717, 1.165) is 13.0 Å². The maximum absolute atomic E-state index is 5.84. The smallest absolute Gasteiger partial charge is 0.0585 e. The zero-order valence-corrected chi connectivity index (χ0v) is 13.2. The molecule has 110 valence electrons. The van der Waals surface area contributed by atoms with Crippen molar-refractivity contribution in [1.29, 1.82) is 0 Å². The summed E-state index contributed by atoms with van der Waals surface area (Å²) in [6, 6.07) is 18.0. The summed E-state index contributed by atoms with van der Waals surface area (Å²) < 4.78 is 5.84. The largest absolute Gasteiger partial charge is 0.378 e. The van der Waals surface area contributed by atoms with Gasteiger partial charge in [0.05, 0.1) is 6.10 Å². The second-order valence-electron chi connectivity index (χ2n) is 6.33. The van der Waals surface area contributed by atoms with Gasteiger partial charge in [-0.15, -0.1) is 0 Å². The molecule has 1 unspecified atom stereocenters. The molecule has 0 bridgehead atoms. The molecule has 0 spiro atoms. The molecule has 1 nitrogen and oxygen atoms in total. The van der Waals surface area contributed by atoms with E-state index in [1.165, 1.54) is 22.3 Å². The fourth-order valence-electron chi connectivity index (χ4n) is 3.42. The maximum Gasteiger partial charge on any atom is 0.0585 e. The van der Waals surface area contributed by atoms with E-state index in [1.807, 2.05) is 0 Å². The molecule has 2 aromatic rings. The summed E-state index contributed by atoms with van der Waals surface area (Å²) in [5.74, 6) is 0.999. The number of ether oxygens (including phenoxy) is 1. The summed E-state index contributed by atoms with van der Waals surface area (Å²) in [5, 5.41) is 0. The van der Waals surface area contributed by atoms with Gasteiger partial charge in [-0.05, 0) is 44.2 Å². The number of rotatable bonds is 3. The standard InChI is InChI=1S/C20H24O/c1-14-4-8-17(9-5-14)20(19-12-13-21-16(19)3)18-10-6-15(2)7-11-18/h4-11,16,19-20H,12-13H2,1-3H3/t16-,19?/m1/s1. The first kappa shape index (κ1) is 14.3. The fourth-order valence-corrected chi connectivity index (χ4v) is 3.42. The lowest BCUT2D eigenvalue weighted by atomic mass is 9.77. The van der Waals surface area contributed by atoms with Gasteiger partial charge in [0.15, 0.2) is 0 Å². The first-order valence-electron chi connectivity index (χ1n) is 7.90. The summed E-state index contributed by atoms with van der Waals surface area (Å²) >= 11 is 0. The first-order valence-corrected chi connectivity index (χ1v) is 7.90. The van der Waals surface area contributed by atoms with Crippen molar-refractivity contribution >= 4 is 0 Å². The molecular formula is C20H24O. The quantitative estimate of drug-likeness (QED) is 0.780. The van der Waals surface area contributed by atoms with Gasteiger partial charge >= 0.3 is 0 Å². The minimum absolute atomic E-state index is 0.331. The molecule has 0 aromatic heterocycles. The molecule has 1 aliphatic heterocycles. The van der Waals surface area contributed by atoms with Gasteiger partial charge in [0.25, 0.3) is 0 Å². The lowest BCUT2D eigenvalue weighted by Crippen LogP contribution is -2.21. The van der Waals surface area contributed by atoms with E-state index in [9.17, 15) is 0 Å². The van der Waals surface area contributed by atoms with Crippen LogP contribution in [0, 0.1) is 19.8 Å². The molecule has 1 fully saturated rings. The summed E-state index contributed by atoms with van der Waals surface area (Å²) in [5.41, 5.74) is 5.45. The van der Waals surface area contributed by atoms with Crippen molar-refractivity contribution < 1.29 is 4.74 Å². The van der Waals surface area contributed by atoms with Gasteiger partial charge in [-0.1, -0.05) is 59.7 Å². The van der Waals surface area contributed by atoms with Crippen molar-refractivity contribution in [2.45, 2.75) is 39.2 Å². The lowest BCUT2D eigenvalue weighted by Gasteiger charge is -2.27. The molecule has 21 heavy (non-hydrogen) atoms. The van der Waals surface area contributed by atoms with Crippen molar-refractivity contribution in [1.82, 2.24) is 0 Å². The average Bonchev–Trinajstić information content (AvgIpc) is 2.90. The number of hydrogen-bond donors (Lipinski definition) is 0. The van der Waals surface area contributed by atoms with Crippen LogP contribution in [0.3, 0.4) is 0 Å². The molecule has 1 heterocycles. The Morgan fingerprint density at radius 3 is 1.71 bits per heavy atom. The van der Waals surface area contributed by atoms with E-state index in [4.69, 9.17) is 4.74 Å². The Bertz CT molecular complexity index is 537. The second-order valence-corrected chi connectivity index (χ2v) is 6.33. The third-order valence-electron chi connectivity index (χ3n) is 4.74. The van der Waals surface area contributed by atoms with Crippen molar-refractivity contribution in [2.24, 2.45) is 5.92 Å². The minimum atomic E-state index is 0.331. The Hall–Kier alpha value is -1.60. The average molecular weight is 280 g/mol. The van der Waals surface area contributed by atoms with Gasteiger partial charge in [0.1, 0.15) is 0 Å². The highest BCUT2D eigenvalue weighted by Crippen LogP contribution is 2.39. The normalized spacial score (nSPS) is 21.9. The van der Waals surface area contributed by atoms with Crippen LogP contribution >= 0.6 is 0 Å². The van der Waals surface area contributed by atoms with Crippen LogP contribution in [0.4, 0.5) is 0 Å². The Morgan fingerprint density at radius 2 is 1.33 bits per heavy atom. The van der Waals surface area contributed by atoms with Gasteiger partial charge in [0.2, 0.25) is 0 Å². The van der Waals surface area contributed by atoms with Crippen LogP contribution in [0.2, 0.25) is 0 Å². The Labute approximate surface area is 128 Å². The van der Waals surface area contributed by atoms with Crippen molar-refractivity contribution in [2.75, 3.05) is 6.61 Å². The van der Waals surface area contributed by atoms with E-state index in [1.54, 1.807) is 0 Å². The van der Waals surface area contributed by atoms with Gasteiger partial charge in [0, 0.05) is 12.5 Å². The van der Waals surface area contributed by atoms with Gasteiger partial charge in [-0.25, -0.2) is 0 Å². The van der Waals surface area contributed by atoms with Gasteiger partial charge in [-0.3, -0.25) is 0 Å². The minimum Gasteiger partial charge on any atom is -0.378 e. The molecule has 0 amide bonds. The van der Waals surface area contributed by atoms with Crippen LogP contribution in [0.1, 0.15) is 41.5 Å². The van der Waals surface area contributed by atoms with Gasteiger partial charge in [-0.2, -0.15) is 0 Å². The summed E-state index contributed by atoms with van der Waals surface area (Å²) in [7, 11) is 0. The molecular weight excluding hydrogens is 256 g/mol. The topological polar surface area (TPSA) is 9.23 Å². The monoisotopic (exact) mass is 280 g/mol. The van der Waals surface area contributed by atoms with Crippen LogP contribution in [0.25, 0.3) is 0 Å². The zero-order valence-electron chi connectivity index (χ0n) is 13.2. The third kappa shape index (κ3) is 3.03. The number of benzene rings is 2. The Kier molecular flexibility index (Phi) is 4.12. The first-order chi connectivity index (χ1) is 10.1. The summed E-state index contributed by atoms with van der Waals surface area (Å²) in [6.45, 7) is 7.39. The summed E-state index contributed by atoms with van der Waals surface area (Å²) in [4.78, 5) is 0. The second kappa shape index (κ2) is 6.03. The molecule has 1 heteroatoms. The molecule has 2 aromatic carbocycles. The highest BCUT2D eigenvalue weighted by Gasteiger charge is 2.33. The third-order valence-corrected chi connectivity index (χ3v) is 4.74. The van der Waals surface area contributed by atoms with Crippen LogP contribution < -0.4 is 0 Å². The molecule has 1 saturated heterocycles. The molecule has 0 radical (unpaired) electrons. The van der Waals surface area contributed by atoms with Crippen LogP contribution in [-0.4, -0.2) is 12.7 Å². The van der Waals surface area contributed by atoms with E-state index in [2.05, 4.69) is 69.3 Å². The van der Waals surface area contributed by atoms with E-state index in [-0.39, 0.29) is 0 Å². The van der Waals surface area contributed by atoms with Crippen molar-refractivity contribution in [3.63, 3.8) is 0 Å². The van der Waals surface area contributed by atoms with Crippen molar-refractivity contribution in [3.05, 3.63) is 70.8 Å². The van der Waals surface area contributed by atoms with Gasteiger partial charge < -0.3 is 4.74 Å². The highest BCUT2D eigenvalue weighted by molar-refractivity contribution is 5.36. The maximum atomic E-state index is 5.84. The molecule has 0 N–H and O–H groups in total. The Morgan fingerprint density at radius 1 is 0.857 bits per heavy atom. The molecule has 2 atom stereocenters. The predicted molar refractivity (Wildman–Crippen MR) is 87.7 cm³/mol. The Balaban J connectivity index is 2.01.